The first-order chi connectivity index (χ1) is 14.2. The van der Waals surface area contributed by atoms with Crippen LogP contribution in [0.2, 0.25) is 0 Å². The molecule has 0 spiro atoms. The lowest BCUT2D eigenvalue weighted by Gasteiger charge is -2.25. The van der Waals surface area contributed by atoms with Gasteiger partial charge in [0.15, 0.2) is 5.69 Å². The van der Waals surface area contributed by atoms with Gasteiger partial charge in [0.2, 0.25) is 0 Å². The van der Waals surface area contributed by atoms with Gasteiger partial charge in [0.25, 0.3) is 5.91 Å². The lowest BCUT2D eigenvalue weighted by Crippen LogP contribution is -2.27. The Labute approximate surface area is 170 Å². The Morgan fingerprint density at radius 2 is 1.90 bits per heavy atom. The minimum absolute atomic E-state index is 0.0735. The molecule has 0 fully saturated rings. The summed E-state index contributed by atoms with van der Waals surface area (Å²) in [5.41, 5.74) is 4.68. The van der Waals surface area contributed by atoms with Crippen molar-refractivity contribution in [2.24, 2.45) is 0 Å². The van der Waals surface area contributed by atoms with E-state index in [1.165, 1.54) is 5.56 Å². The molecule has 0 bridgehead atoms. The monoisotopic (exact) mass is 391 g/mol. The standard InChI is InChI=1S/C23H25N3O3/c1-3-16-4-6-17(7-5-16)12-24-23(27)22-20-14-29-21(13-26(20)15-25-22)18-8-10-19(28-2)11-9-18/h4-11,15,21H,3,12-14H2,1-2H3,(H,24,27)/t21-/m1/s1. The molecule has 1 aromatic heterocycles. The summed E-state index contributed by atoms with van der Waals surface area (Å²) in [6, 6.07) is 16.1. The minimum Gasteiger partial charge on any atom is -0.497 e. The fraction of sp³-hybridized carbons (Fsp3) is 0.304. The van der Waals surface area contributed by atoms with Crippen molar-refractivity contribution < 1.29 is 14.3 Å². The zero-order chi connectivity index (χ0) is 20.2. The Morgan fingerprint density at radius 3 is 2.59 bits per heavy atom. The van der Waals surface area contributed by atoms with Crippen LogP contribution in [0.25, 0.3) is 0 Å². The number of hydrogen-bond donors (Lipinski definition) is 1. The third-order valence-electron chi connectivity index (χ3n) is 5.32. The second-order valence-electron chi connectivity index (χ2n) is 7.12. The molecule has 0 unspecified atom stereocenters. The maximum atomic E-state index is 12.6. The van der Waals surface area contributed by atoms with Gasteiger partial charge in [-0.25, -0.2) is 4.98 Å². The van der Waals surface area contributed by atoms with Crippen LogP contribution in [-0.2, 0) is 30.9 Å². The molecule has 0 radical (unpaired) electrons. The average molecular weight is 391 g/mol. The fourth-order valence-electron chi connectivity index (χ4n) is 3.50. The first-order valence-electron chi connectivity index (χ1n) is 9.83. The highest BCUT2D eigenvalue weighted by Gasteiger charge is 2.26. The highest BCUT2D eigenvalue weighted by atomic mass is 16.5. The SMILES string of the molecule is CCc1ccc(CNC(=O)c2ncn3c2CO[C@@H](c2ccc(OC)cc2)C3)cc1. The summed E-state index contributed by atoms with van der Waals surface area (Å²) >= 11 is 0. The molecule has 1 aliphatic heterocycles. The van der Waals surface area contributed by atoms with Crippen LogP contribution in [0, 0.1) is 0 Å². The van der Waals surface area contributed by atoms with Crippen LogP contribution in [0.5, 0.6) is 5.75 Å². The van der Waals surface area contributed by atoms with Gasteiger partial charge in [-0.1, -0.05) is 43.3 Å². The van der Waals surface area contributed by atoms with Crippen LogP contribution in [0.3, 0.4) is 0 Å². The van der Waals surface area contributed by atoms with E-state index in [0.29, 0.717) is 25.4 Å². The van der Waals surface area contributed by atoms with E-state index < -0.39 is 0 Å². The molecule has 150 valence electrons. The third kappa shape index (κ3) is 4.17. The number of aryl methyl sites for hydroxylation is 1. The van der Waals surface area contributed by atoms with Crippen LogP contribution in [0.4, 0.5) is 0 Å². The van der Waals surface area contributed by atoms with E-state index in [9.17, 15) is 4.79 Å². The van der Waals surface area contributed by atoms with E-state index in [0.717, 1.165) is 29.0 Å². The van der Waals surface area contributed by atoms with Gasteiger partial charge in [-0.3, -0.25) is 4.79 Å². The molecule has 1 N–H and O–H groups in total. The van der Waals surface area contributed by atoms with Crippen molar-refractivity contribution in [2.75, 3.05) is 7.11 Å². The van der Waals surface area contributed by atoms with E-state index >= 15 is 0 Å². The number of nitrogens with one attached hydrogen (secondary N) is 1. The zero-order valence-corrected chi connectivity index (χ0v) is 16.7. The van der Waals surface area contributed by atoms with Gasteiger partial charge in [0.05, 0.1) is 32.3 Å². The maximum absolute atomic E-state index is 12.6. The summed E-state index contributed by atoms with van der Waals surface area (Å²) < 4.78 is 13.2. The Hall–Kier alpha value is -3.12. The largest absolute Gasteiger partial charge is 0.497 e. The van der Waals surface area contributed by atoms with Crippen molar-refractivity contribution >= 4 is 5.91 Å². The number of carbonyl (C=O) groups is 1. The number of ether oxygens (including phenoxy) is 2. The molecule has 0 saturated heterocycles. The van der Waals surface area contributed by atoms with E-state index in [1.807, 2.05) is 41.0 Å². The van der Waals surface area contributed by atoms with Gasteiger partial charge in [0.1, 0.15) is 11.9 Å². The van der Waals surface area contributed by atoms with Gasteiger partial charge in [-0.15, -0.1) is 0 Å². The first-order valence-corrected chi connectivity index (χ1v) is 9.83. The first kappa shape index (κ1) is 19.2. The van der Waals surface area contributed by atoms with Crippen LogP contribution < -0.4 is 10.1 Å². The highest BCUT2D eigenvalue weighted by molar-refractivity contribution is 5.93. The normalized spacial score (nSPS) is 15.6. The van der Waals surface area contributed by atoms with Crippen LogP contribution >= 0.6 is 0 Å². The van der Waals surface area contributed by atoms with Crippen molar-refractivity contribution in [1.82, 2.24) is 14.9 Å². The quantitative estimate of drug-likeness (QED) is 0.697. The molecular weight excluding hydrogens is 366 g/mol. The lowest BCUT2D eigenvalue weighted by molar-refractivity contribution is 0.00255. The molecule has 29 heavy (non-hydrogen) atoms. The van der Waals surface area contributed by atoms with E-state index in [-0.39, 0.29) is 12.0 Å². The Kier molecular flexibility index (Phi) is 5.62. The second kappa shape index (κ2) is 8.49. The van der Waals surface area contributed by atoms with E-state index in [2.05, 4.69) is 29.4 Å². The smallest absolute Gasteiger partial charge is 0.272 e. The number of benzene rings is 2. The molecule has 4 rings (SSSR count). The molecule has 1 aliphatic rings. The van der Waals surface area contributed by atoms with Crippen LogP contribution in [-0.4, -0.2) is 22.6 Å². The third-order valence-corrected chi connectivity index (χ3v) is 5.32. The van der Waals surface area contributed by atoms with Gasteiger partial charge in [-0.05, 0) is 35.2 Å². The summed E-state index contributed by atoms with van der Waals surface area (Å²) in [5.74, 6) is 0.640. The van der Waals surface area contributed by atoms with Gasteiger partial charge in [-0.2, -0.15) is 0 Å². The number of nitrogens with zero attached hydrogens (tertiary/aromatic N) is 2. The van der Waals surface area contributed by atoms with Gasteiger partial charge in [0, 0.05) is 6.54 Å². The summed E-state index contributed by atoms with van der Waals surface area (Å²) in [7, 11) is 1.65. The second-order valence-corrected chi connectivity index (χ2v) is 7.12. The van der Waals surface area contributed by atoms with Gasteiger partial charge >= 0.3 is 0 Å². The van der Waals surface area contributed by atoms with Crippen molar-refractivity contribution in [3.8, 4) is 5.75 Å². The topological polar surface area (TPSA) is 65.4 Å². The van der Waals surface area contributed by atoms with Crippen molar-refractivity contribution in [3.63, 3.8) is 0 Å². The number of fused-ring (bicyclic) bond motifs is 1. The Bertz CT molecular complexity index is 978. The molecule has 0 saturated carbocycles. The molecule has 2 aromatic carbocycles. The van der Waals surface area contributed by atoms with E-state index in [4.69, 9.17) is 9.47 Å². The lowest BCUT2D eigenvalue weighted by atomic mass is 10.1. The fourth-order valence-corrected chi connectivity index (χ4v) is 3.50. The summed E-state index contributed by atoms with van der Waals surface area (Å²) in [6.07, 6.45) is 2.65. The summed E-state index contributed by atoms with van der Waals surface area (Å²) in [5, 5.41) is 2.96. The van der Waals surface area contributed by atoms with Crippen molar-refractivity contribution in [1.29, 1.82) is 0 Å². The molecule has 6 heteroatoms. The predicted octanol–water partition coefficient (Wildman–Crippen LogP) is 3.66. The number of rotatable bonds is 6. The molecule has 1 atom stereocenters. The van der Waals surface area contributed by atoms with Crippen molar-refractivity contribution in [3.05, 3.63) is 82.9 Å². The Morgan fingerprint density at radius 1 is 1.17 bits per heavy atom. The molecule has 1 amide bonds. The number of imidazole rings is 1. The number of aromatic nitrogens is 2. The molecular formula is C23H25N3O3. The summed E-state index contributed by atoms with van der Waals surface area (Å²) in [4.78, 5) is 17.0. The average Bonchev–Trinajstić information content (AvgIpc) is 3.21. The number of amides is 1. The van der Waals surface area contributed by atoms with Gasteiger partial charge < -0.3 is 19.4 Å². The highest BCUT2D eigenvalue weighted by Crippen LogP contribution is 2.28. The molecule has 0 aliphatic carbocycles. The molecule has 6 nitrogen and oxygen atoms in total. The zero-order valence-electron chi connectivity index (χ0n) is 16.7. The van der Waals surface area contributed by atoms with Crippen LogP contribution in [0.15, 0.2) is 54.9 Å². The predicted molar refractivity (Wildman–Crippen MR) is 110 cm³/mol. The molecule has 2 heterocycles. The summed E-state index contributed by atoms with van der Waals surface area (Å²) in [6.45, 7) is 3.58. The van der Waals surface area contributed by atoms with Crippen molar-refractivity contribution in [2.45, 2.75) is 39.1 Å². The van der Waals surface area contributed by atoms with E-state index in [1.54, 1.807) is 13.4 Å². The maximum Gasteiger partial charge on any atom is 0.272 e. The van der Waals surface area contributed by atoms with Crippen LogP contribution in [0.1, 0.15) is 45.9 Å². The molecule has 3 aromatic rings. The minimum atomic E-state index is -0.176. The number of hydrogen-bond acceptors (Lipinski definition) is 4. The Balaban J connectivity index is 1.40. The number of methoxy groups -OCH3 is 1. The number of carbonyl (C=O) groups excluding carboxylic acids is 1.